The summed E-state index contributed by atoms with van der Waals surface area (Å²) in [4.78, 5) is 11.5. The number of carbonyl (C=O) groups is 1. The van der Waals surface area contributed by atoms with Crippen LogP contribution in [0.3, 0.4) is 0 Å². The van der Waals surface area contributed by atoms with Crippen molar-refractivity contribution >= 4 is 23.6 Å². The minimum absolute atomic E-state index is 0.0922. The lowest BCUT2D eigenvalue weighted by atomic mass is 10.2. The maximum absolute atomic E-state index is 11.5. The summed E-state index contributed by atoms with van der Waals surface area (Å²) in [6.07, 6.45) is 6.51. The lowest BCUT2D eigenvalue weighted by Gasteiger charge is -2.00. The van der Waals surface area contributed by atoms with Crippen molar-refractivity contribution in [2.45, 2.75) is 33.1 Å². The van der Waals surface area contributed by atoms with Crippen LogP contribution in [0, 0.1) is 6.92 Å². The van der Waals surface area contributed by atoms with Crippen molar-refractivity contribution in [3.05, 3.63) is 22.5 Å². The highest BCUT2D eigenvalue weighted by Crippen LogP contribution is 2.19. The zero-order valence-corrected chi connectivity index (χ0v) is 11.9. The SMILES string of the molecule is CCCCCNC(=O)/C=C/c1c(C)nn(C)c1Cl. The Bertz CT molecular complexity index is 438. The van der Waals surface area contributed by atoms with Crippen LogP contribution in [0.5, 0.6) is 0 Å². The Morgan fingerprint density at radius 3 is 2.78 bits per heavy atom. The number of aromatic nitrogens is 2. The predicted octanol–water partition coefficient (Wildman–Crippen LogP) is 2.70. The highest BCUT2D eigenvalue weighted by atomic mass is 35.5. The fourth-order valence-corrected chi connectivity index (χ4v) is 1.88. The standard InChI is InChI=1S/C13H20ClN3O/c1-4-5-6-9-15-12(18)8-7-11-10(2)16-17(3)13(11)14/h7-8H,4-6,9H2,1-3H3,(H,15,18)/b8-7+. The van der Waals surface area contributed by atoms with E-state index in [0.717, 1.165) is 37.1 Å². The molecule has 0 unspecified atom stereocenters. The van der Waals surface area contributed by atoms with Crippen molar-refractivity contribution in [2.75, 3.05) is 6.54 Å². The summed E-state index contributed by atoms with van der Waals surface area (Å²) in [5.74, 6) is -0.0922. The molecule has 1 aromatic heterocycles. The molecule has 1 heterocycles. The van der Waals surface area contributed by atoms with Gasteiger partial charge in [-0.25, -0.2) is 0 Å². The van der Waals surface area contributed by atoms with Crippen molar-refractivity contribution < 1.29 is 4.79 Å². The number of halogens is 1. The number of rotatable bonds is 6. The first kappa shape index (κ1) is 14.8. The van der Waals surface area contributed by atoms with Crippen LogP contribution in [0.1, 0.15) is 37.4 Å². The second kappa shape index (κ2) is 7.21. The molecule has 5 heteroatoms. The highest BCUT2D eigenvalue weighted by molar-refractivity contribution is 6.31. The molecule has 0 saturated heterocycles. The Morgan fingerprint density at radius 2 is 2.22 bits per heavy atom. The van der Waals surface area contributed by atoms with Crippen LogP contribution in [0.4, 0.5) is 0 Å². The zero-order chi connectivity index (χ0) is 13.5. The first-order valence-electron chi connectivity index (χ1n) is 6.21. The van der Waals surface area contributed by atoms with Crippen LogP contribution in [-0.4, -0.2) is 22.2 Å². The van der Waals surface area contributed by atoms with Crippen molar-refractivity contribution in [1.29, 1.82) is 0 Å². The number of nitrogens with zero attached hydrogens (tertiary/aromatic N) is 2. The molecule has 0 aliphatic heterocycles. The quantitative estimate of drug-likeness (QED) is 0.638. The Labute approximate surface area is 113 Å². The van der Waals surface area contributed by atoms with E-state index in [0.29, 0.717) is 5.15 Å². The van der Waals surface area contributed by atoms with Crippen LogP contribution in [0.2, 0.25) is 5.15 Å². The van der Waals surface area contributed by atoms with E-state index in [1.807, 2.05) is 6.92 Å². The van der Waals surface area contributed by atoms with E-state index in [4.69, 9.17) is 11.6 Å². The van der Waals surface area contributed by atoms with Crippen LogP contribution in [-0.2, 0) is 11.8 Å². The van der Waals surface area contributed by atoms with Crippen molar-refractivity contribution in [2.24, 2.45) is 7.05 Å². The fourth-order valence-electron chi connectivity index (χ4n) is 1.64. The molecule has 0 aliphatic rings. The van der Waals surface area contributed by atoms with Gasteiger partial charge in [-0.2, -0.15) is 5.10 Å². The van der Waals surface area contributed by atoms with Crippen LogP contribution >= 0.6 is 11.6 Å². The van der Waals surface area contributed by atoms with Crippen LogP contribution in [0.15, 0.2) is 6.08 Å². The summed E-state index contributed by atoms with van der Waals surface area (Å²) in [6.45, 7) is 4.72. The van der Waals surface area contributed by atoms with E-state index in [-0.39, 0.29) is 5.91 Å². The molecule has 18 heavy (non-hydrogen) atoms. The van der Waals surface area contributed by atoms with Crippen LogP contribution < -0.4 is 5.32 Å². The molecule has 1 N–H and O–H groups in total. The molecular formula is C13H20ClN3O. The third-order valence-corrected chi connectivity index (χ3v) is 3.13. The normalized spacial score (nSPS) is 11.1. The van der Waals surface area contributed by atoms with E-state index in [9.17, 15) is 4.79 Å². The molecule has 0 bridgehead atoms. The zero-order valence-electron chi connectivity index (χ0n) is 11.2. The molecule has 100 valence electrons. The predicted molar refractivity (Wildman–Crippen MR) is 74.5 cm³/mol. The highest BCUT2D eigenvalue weighted by Gasteiger charge is 2.08. The Balaban J connectivity index is 2.50. The minimum Gasteiger partial charge on any atom is -0.353 e. The van der Waals surface area contributed by atoms with E-state index in [1.165, 1.54) is 6.08 Å². The van der Waals surface area contributed by atoms with E-state index in [2.05, 4.69) is 17.3 Å². The molecular weight excluding hydrogens is 250 g/mol. The molecule has 0 spiro atoms. The van der Waals surface area contributed by atoms with Crippen molar-refractivity contribution in [3.63, 3.8) is 0 Å². The lowest BCUT2D eigenvalue weighted by molar-refractivity contribution is -0.116. The molecule has 1 aromatic rings. The average molecular weight is 270 g/mol. The molecule has 0 atom stereocenters. The molecule has 1 amide bonds. The maximum atomic E-state index is 11.5. The van der Waals surface area contributed by atoms with Crippen molar-refractivity contribution in [1.82, 2.24) is 15.1 Å². The average Bonchev–Trinajstić information content (AvgIpc) is 2.57. The first-order valence-corrected chi connectivity index (χ1v) is 6.59. The second-order valence-electron chi connectivity index (χ2n) is 4.24. The summed E-state index contributed by atoms with van der Waals surface area (Å²) in [6, 6.07) is 0. The molecule has 0 aliphatic carbocycles. The summed E-state index contributed by atoms with van der Waals surface area (Å²) >= 11 is 6.06. The van der Waals surface area contributed by atoms with Gasteiger partial charge < -0.3 is 5.32 Å². The number of amides is 1. The summed E-state index contributed by atoms with van der Waals surface area (Å²) in [5, 5.41) is 7.56. The second-order valence-corrected chi connectivity index (χ2v) is 4.60. The number of aryl methyl sites for hydroxylation is 2. The largest absolute Gasteiger partial charge is 0.353 e. The van der Waals surface area contributed by atoms with Crippen LogP contribution in [0.25, 0.3) is 6.08 Å². The summed E-state index contributed by atoms with van der Waals surface area (Å²) in [7, 11) is 1.78. The fraction of sp³-hybridized carbons (Fsp3) is 0.538. The molecule has 4 nitrogen and oxygen atoms in total. The monoisotopic (exact) mass is 269 g/mol. The molecule has 0 radical (unpaired) electrons. The number of unbranched alkanes of at least 4 members (excludes halogenated alkanes) is 2. The van der Waals surface area contributed by atoms with Gasteiger partial charge in [-0.1, -0.05) is 31.4 Å². The Kier molecular flexibility index (Phi) is 5.92. The molecule has 1 rings (SSSR count). The minimum atomic E-state index is -0.0922. The topological polar surface area (TPSA) is 46.9 Å². The Hall–Kier alpha value is -1.29. The van der Waals surface area contributed by atoms with Gasteiger partial charge in [0.1, 0.15) is 5.15 Å². The molecule has 0 saturated carbocycles. The maximum Gasteiger partial charge on any atom is 0.244 e. The summed E-state index contributed by atoms with van der Waals surface area (Å²) in [5.41, 5.74) is 1.61. The third-order valence-electron chi connectivity index (χ3n) is 2.68. The first-order chi connectivity index (χ1) is 8.56. The number of hydrogen-bond donors (Lipinski definition) is 1. The third kappa shape index (κ3) is 4.18. The van der Waals surface area contributed by atoms with Crippen molar-refractivity contribution in [3.8, 4) is 0 Å². The van der Waals surface area contributed by atoms with E-state index >= 15 is 0 Å². The van der Waals surface area contributed by atoms with Gasteiger partial charge in [0.2, 0.25) is 5.91 Å². The van der Waals surface area contributed by atoms with Gasteiger partial charge in [0.25, 0.3) is 0 Å². The number of nitrogens with one attached hydrogen (secondary N) is 1. The van der Waals surface area contributed by atoms with Gasteiger partial charge in [-0.3, -0.25) is 9.48 Å². The van der Waals surface area contributed by atoms with E-state index in [1.54, 1.807) is 17.8 Å². The molecule has 0 aromatic carbocycles. The number of hydrogen-bond acceptors (Lipinski definition) is 2. The summed E-state index contributed by atoms with van der Waals surface area (Å²) < 4.78 is 1.59. The van der Waals surface area contributed by atoms with Gasteiger partial charge in [0.05, 0.1) is 5.69 Å². The van der Waals surface area contributed by atoms with Gasteiger partial charge in [0, 0.05) is 25.2 Å². The van der Waals surface area contributed by atoms with Gasteiger partial charge in [-0.15, -0.1) is 0 Å². The van der Waals surface area contributed by atoms with Gasteiger partial charge >= 0.3 is 0 Å². The lowest BCUT2D eigenvalue weighted by Crippen LogP contribution is -2.21. The van der Waals surface area contributed by atoms with Gasteiger partial charge in [0.15, 0.2) is 0 Å². The van der Waals surface area contributed by atoms with E-state index < -0.39 is 0 Å². The van der Waals surface area contributed by atoms with Gasteiger partial charge in [-0.05, 0) is 19.4 Å². The Morgan fingerprint density at radius 1 is 1.50 bits per heavy atom. The molecule has 0 fully saturated rings. The number of carbonyl (C=O) groups excluding carboxylic acids is 1. The smallest absolute Gasteiger partial charge is 0.244 e.